The van der Waals surface area contributed by atoms with Crippen LogP contribution in [-0.2, 0) is 0 Å². The highest BCUT2D eigenvalue weighted by Gasteiger charge is 2.11. The molecular formula is C24H16Cl2S4. The molecule has 0 fully saturated rings. The molecule has 0 saturated heterocycles. The Morgan fingerprint density at radius 2 is 0.833 bits per heavy atom. The van der Waals surface area contributed by atoms with Gasteiger partial charge < -0.3 is 0 Å². The van der Waals surface area contributed by atoms with Crippen LogP contribution in [0.4, 0.5) is 0 Å². The van der Waals surface area contributed by atoms with Crippen molar-refractivity contribution in [2.75, 3.05) is 0 Å². The van der Waals surface area contributed by atoms with E-state index in [0.29, 0.717) is 0 Å². The van der Waals surface area contributed by atoms with Gasteiger partial charge in [-0.25, -0.2) is 0 Å². The molecule has 0 radical (unpaired) electrons. The Hall–Kier alpha value is -1.14. The Labute approximate surface area is 203 Å². The molecule has 150 valence electrons. The standard InChI is InChI=1S/C24H16Cl2S4/c25-17-11-13-21(23(15-17)27-19-7-3-1-4-8-19)29-30-22-14-12-18(26)16-24(22)28-20-9-5-2-6-10-20/h1-16H. The molecule has 4 aromatic carbocycles. The van der Waals surface area contributed by atoms with E-state index in [1.165, 1.54) is 19.6 Å². The van der Waals surface area contributed by atoms with Crippen molar-refractivity contribution < 1.29 is 0 Å². The van der Waals surface area contributed by atoms with Crippen molar-refractivity contribution in [3.05, 3.63) is 107 Å². The summed E-state index contributed by atoms with van der Waals surface area (Å²) in [7, 11) is 3.48. The third-order valence-electron chi connectivity index (χ3n) is 3.97. The van der Waals surface area contributed by atoms with E-state index in [-0.39, 0.29) is 0 Å². The van der Waals surface area contributed by atoms with Crippen LogP contribution in [-0.4, -0.2) is 0 Å². The van der Waals surface area contributed by atoms with Gasteiger partial charge in [0.1, 0.15) is 0 Å². The molecule has 0 amide bonds. The maximum atomic E-state index is 6.29. The van der Waals surface area contributed by atoms with E-state index >= 15 is 0 Å². The molecule has 0 N–H and O–H groups in total. The quantitative estimate of drug-likeness (QED) is 0.230. The Morgan fingerprint density at radius 3 is 1.23 bits per heavy atom. The molecule has 0 aliphatic heterocycles. The average molecular weight is 504 g/mol. The fraction of sp³-hybridized carbons (Fsp3) is 0. The lowest BCUT2D eigenvalue weighted by atomic mass is 10.4. The molecule has 0 saturated carbocycles. The molecule has 4 aromatic rings. The Kier molecular flexibility index (Phi) is 8.05. The molecule has 0 heterocycles. The first kappa shape index (κ1) is 22.1. The second kappa shape index (κ2) is 10.9. The van der Waals surface area contributed by atoms with Crippen LogP contribution < -0.4 is 0 Å². The summed E-state index contributed by atoms with van der Waals surface area (Å²) in [6, 6.07) is 32.8. The van der Waals surface area contributed by atoms with E-state index in [1.807, 2.05) is 36.4 Å². The van der Waals surface area contributed by atoms with Crippen LogP contribution in [0.5, 0.6) is 0 Å². The number of rotatable bonds is 7. The fourth-order valence-corrected chi connectivity index (χ4v) is 7.79. The second-order valence-electron chi connectivity index (χ2n) is 6.18. The molecule has 0 aliphatic carbocycles. The first-order valence-electron chi connectivity index (χ1n) is 9.07. The van der Waals surface area contributed by atoms with Crippen molar-refractivity contribution in [3.8, 4) is 0 Å². The minimum atomic E-state index is 0.745. The first-order chi connectivity index (χ1) is 14.7. The summed E-state index contributed by atoms with van der Waals surface area (Å²) >= 11 is 16.0. The summed E-state index contributed by atoms with van der Waals surface area (Å²) < 4.78 is 0. The normalized spacial score (nSPS) is 10.9. The van der Waals surface area contributed by atoms with E-state index in [4.69, 9.17) is 23.2 Å². The number of hydrogen-bond acceptors (Lipinski definition) is 4. The molecule has 0 bridgehead atoms. The van der Waals surface area contributed by atoms with Crippen LogP contribution in [0.2, 0.25) is 10.0 Å². The lowest BCUT2D eigenvalue weighted by Crippen LogP contribution is -1.81. The predicted octanol–water partition coefficient (Wildman–Crippen LogP) is 10.1. The third-order valence-corrected chi connectivity index (χ3v) is 9.32. The van der Waals surface area contributed by atoms with Gasteiger partial charge in [-0.1, -0.05) is 105 Å². The van der Waals surface area contributed by atoms with Gasteiger partial charge in [0.2, 0.25) is 0 Å². The van der Waals surface area contributed by atoms with E-state index in [1.54, 1.807) is 45.1 Å². The van der Waals surface area contributed by atoms with Gasteiger partial charge in [-0.2, -0.15) is 0 Å². The van der Waals surface area contributed by atoms with Gasteiger partial charge in [-0.3, -0.25) is 0 Å². The highest BCUT2D eigenvalue weighted by Crippen LogP contribution is 2.47. The van der Waals surface area contributed by atoms with Crippen molar-refractivity contribution in [2.24, 2.45) is 0 Å². The molecule has 0 aromatic heterocycles. The Balaban J connectivity index is 1.55. The maximum absolute atomic E-state index is 6.29. The van der Waals surface area contributed by atoms with Crippen LogP contribution in [0.3, 0.4) is 0 Å². The van der Waals surface area contributed by atoms with Crippen molar-refractivity contribution in [3.63, 3.8) is 0 Å². The van der Waals surface area contributed by atoms with Crippen molar-refractivity contribution in [1.82, 2.24) is 0 Å². The number of benzene rings is 4. The van der Waals surface area contributed by atoms with Crippen LogP contribution in [0.25, 0.3) is 0 Å². The Bertz CT molecular complexity index is 1030. The van der Waals surface area contributed by atoms with Crippen LogP contribution in [0, 0.1) is 0 Å². The molecule has 0 atom stereocenters. The summed E-state index contributed by atoms with van der Waals surface area (Å²) in [5.41, 5.74) is 0. The van der Waals surface area contributed by atoms with E-state index in [9.17, 15) is 0 Å². The molecule has 0 aliphatic rings. The SMILES string of the molecule is Clc1ccc(SSc2ccc(Cl)cc2Sc2ccccc2)c(Sc2ccccc2)c1. The Morgan fingerprint density at radius 1 is 0.433 bits per heavy atom. The molecule has 0 spiro atoms. The van der Waals surface area contributed by atoms with Gasteiger partial charge in [-0.15, -0.1) is 0 Å². The summed E-state index contributed by atoms with van der Waals surface area (Å²) in [5.74, 6) is 0. The van der Waals surface area contributed by atoms with Crippen molar-refractivity contribution in [2.45, 2.75) is 29.4 Å². The van der Waals surface area contributed by atoms with Gasteiger partial charge in [0.05, 0.1) is 0 Å². The van der Waals surface area contributed by atoms with Gasteiger partial charge >= 0.3 is 0 Å². The van der Waals surface area contributed by atoms with Crippen molar-refractivity contribution in [1.29, 1.82) is 0 Å². The van der Waals surface area contributed by atoms with E-state index in [0.717, 1.165) is 19.8 Å². The van der Waals surface area contributed by atoms with Crippen molar-refractivity contribution >= 4 is 68.3 Å². The first-order valence-corrected chi connectivity index (χ1v) is 13.6. The fourth-order valence-electron chi connectivity index (χ4n) is 2.58. The molecule has 6 heteroatoms. The third kappa shape index (κ3) is 6.19. The summed E-state index contributed by atoms with van der Waals surface area (Å²) in [6.07, 6.45) is 0. The van der Waals surface area contributed by atoms with Crippen LogP contribution in [0.15, 0.2) is 126 Å². The topological polar surface area (TPSA) is 0 Å². The largest absolute Gasteiger partial charge is 0.0888 e. The molecule has 0 nitrogen and oxygen atoms in total. The minimum Gasteiger partial charge on any atom is -0.0888 e. The van der Waals surface area contributed by atoms with Gasteiger partial charge in [-0.05, 0) is 60.7 Å². The van der Waals surface area contributed by atoms with Gasteiger partial charge in [0.15, 0.2) is 0 Å². The molecular weight excluding hydrogens is 487 g/mol. The summed E-state index contributed by atoms with van der Waals surface area (Å²) in [5, 5.41) is 1.49. The maximum Gasteiger partial charge on any atom is 0.0418 e. The van der Waals surface area contributed by atoms with E-state index in [2.05, 4.69) is 60.7 Å². The lowest BCUT2D eigenvalue weighted by Gasteiger charge is -2.12. The van der Waals surface area contributed by atoms with Gasteiger partial charge in [0, 0.05) is 39.4 Å². The minimum absolute atomic E-state index is 0.745. The highest BCUT2D eigenvalue weighted by molar-refractivity contribution is 8.76. The molecule has 4 rings (SSSR count). The van der Waals surface area contributed by atoms with Crippen LogP contribution in [0.1, 0.15) is 0 Å². The summed E-state index contributed by atoms with van der Waals surface area (Å²) in [4.78, 5) is 7.06. The summed E-state index contributed by atoms with van der Waals surface area (Å²) in [6.45, 7) is 0. The van der Waals surface area contributed by atoms with Gasteiger partial charge in [0.25, 0.3) is 0 Å². The van der Waals surface area contributed by atoms with Crippen LogP contribution >= 0.6 is 68.3 Å². The molecule has 30 heavy (non-hydrogen) atoms. The number of halogens is 2. The number of hydrogen-bond donors (Lipinski definition) is 0. The lowest BCUT2D eigenvalue weighted by molar-refractivity contribution is 1.24. The zero-order chi connectivity index (χ0) is 20.8. The average Bonchev–Trinajstić information content (AvgIpc) is 2.76. The smallest absolute Gasteiger partial charge is 0.0418 e. The highest BCUT2D eigenvalue weighted by atomic mass is 35.5. The molecule has 0 unspecified atom stereocenters. The predicted molar refractivity (Wildman–Crippen MR) is 136 cm³/mol. The zero-order valence-corrected chi connectivity index (χ0v) is 20.4. The van der Waals surface area contributed by atoms with E-state index < -0.39 is 0 Å². The monoisotopic (exact) mass is 502 g/mol. The second-order valence-corrected chi connectivity index (χ2v) is 11.5. The zero-order valence-electron chi connectivity index (χ0n) is 15.6.